The van der Waals surface area contributed by atoms with Crippen LogP contribution in [0.4, 0.5) is 11.4 Å². The number of carbonyl (C=O) groups is 1. The van der Waals surface area contributed by atoms with Gasteiger partial charge in [0, 0.05) is 41.4 Å². The number of hydrogen-bond acceptors (Lipinski definition) is 6. The van der Waals surface area contributed by atoms with Crippen LogP contribution in [0, 0.1) is 0 Å². The molecule has 0 atom stereocenters. The lowest BCUT2D eigenvalue weighted by molar-refractivity contribution is -0.110. The first-order valence-corrected chi connectivity index (χ1v) is 11.6. The summed E-state index contributed by atoms with van der Waals surface area (Å²) in [5.41, 5.74) is 4.48. The largest absolute Gasteiger partial charge is 0.504 e. The van der Waals surface area contributed by atoms with Gasteiger partial charge in [-0.3, -0.25) is 4.79 Å². The molecule has 0 bridgehead atoms. The molecule has 2 aliphatic rings. The molecule has 0 unspecified atom stereocenters. The Hall–Kier alpha value is -3.29. The number of fused-ring (bicyclic) bond motifs is 1. The van der Waals surface area contributed by atoms with E-state index in [0.717, 1.165) is 43.1 Å². The van der Waals surface area contributed by atoms with Gasteiger partial charge in [-0.1, -0.05) is 49.7 Å². The predicted molar refractivity (Wildman–Crippen MR) is 133 cm³/mol. The molecule has 8 heteroatoms. The van der Waals surface area contributed by atoms with Crippen molar-refractivity contribution in [1.29, 1.82) is 0 Å². The van der Waals surface area contributed by atoms with Gasteiger partial charge in [0.15, 0.2) is 5.76 Å². The van der Waals surface area contributed by atoms with Gasteiger partial charge in [0.2, 0.25) is 5.76 Å². The van der Waals surface area contributed by atoms with Crippen molar-refractivity contribution in [3.8, 4) is 11.1 Å². The summed E-state index contributed by atoms with van der Waals surface area (Å²) in [6.07, 6.45) is 0. The zero-order valence-corrected chi connectivity index (χ0v) is 20.1. The number of aromatic nitrogens is 1. The van der Waals surface area contributed by atoms with E-state index >= 15 is 0 Å². The molecule has 0 aliphatic carbocycles. The normalized spacial score (nSPS) is 17.5. The Balaban J connectivity index is 1.52. The molecule has 34 heavy (non-hydrogen) atoms. The van der Waals surface area contributed by atoms with Crippen LogP contribution in [0.3, 0.4) is 0 Å². The predicted octanol–water partition coefficient (Wildman–Crippen LogP) is 5.51. The second-order valence-corrected chi connectivity index (χ2v) is 9.94. The van der Waals surface area contributed by atoms with Crippen LogP contribution in [0.2, 0.25) is 5.02 Å². The number of nitrogens with zero attached hydrogens (tertiary/aromatic N) is 2. The molecule has 3 heterocycles. The highest BCUT2D eigenvalue weighted by molar-refractivity contribution is 6.38. The number of benzene rings is 2. The highest BCUT2D eigenvalue weighted by Crippen LogP contribution is 2.42. The minimum absolute atomic E-state index is 0.134. The summed E-state index contributed by atoms with van der Waals surface area (Å²) in [6, 6.07) is 13.3. The first kappa shape index (κ1) is 22.5. The molecule has 3 aromatic rings. The van der Waals surface area contributed by atoms with E-state index in [1.165, 1.54) is 0 Å². The Morgan fingerprint density at radius 1 is 1.09 bits per heavy atom. The topological polar surface area (TPSA) is 87.8 Å². The van der Waals surface area contributed by atoms with Crippen LogP contribution in [-0.2, 0) is 14.9 Å². The fourth-order valence-electron chi connectivity index (χ4n) is 4.18. The van der Waals surface area contributed by atoms with E-state index in [0.29, 0.717) is 22.0 Å². The van der Waals surface area contributed by atoms with Gasteiger partial charge in [-0.2, -0.15) is 0 Å². The van der Waals surface area contributed by atoms with Crippen molar-refractivity contribution < 1.29 is 19.2 Å². The van der Waals surface area contributed by atoms with Gasteiger partial charge in [0.05, 0.1) is 35.2 Å². The number of halogens is 1. The standard InChI is InChI=1S/C26H26ClN3O4/c1-26(2,3)22-14-21(34-29-22)24(31)23-18-12-17(19(27)13-20(18)28-25(23)32)15-4-6-16(7-5-15)30-8-10-33-11-9-30/h4-7,12-14,31H,8-11H2,1-3H3,(H,28,32)/b24-23-. The molecule has 2 aromatic carbocycles. The number of aliphatic hydroxyl groups excluding tert-OH is 1. The number of morpholine rings is 1. The van der Waals surface area contributed by atoms with Crippen molar-refractivity contribution in [1.82, 2.24) is 5.16 Å². The number of anilines is 2. The van der Waals surface area contributed by atoms with E-state index in [4.69, 9.17) is 20.9 Å². The first-order chi connectivity index (χ1) is 16.2. The number of nitrogens with one attached hydrogen (secondary N) is 1. The summed E-state index contributed by atoms with van der Waals surface area (Å²) in [7, 11) is 0. The van der Waals surface area contributed by atoms with Crippen LogP contribution in [0.1, 0.15) is 37.8 Å². The zero-order chi connectivity index (χ0) is 24.0. The van der Waals surface area contributed by atoms with Crippen LogP contribution in [0.5, 0.6) is 0 Å². The van der Waals surface area contributed by atoms with Gasteiger partial charge in [-0.05, 0) is 29.8 Å². The number of amides is 1. The lowest BCUT2D eigenvalue weighted by atomic mass is 9.92. The van der Waals surface area contributed by atoms with Crippen LogP contribution in [-0.4, -0.2) is 42.5 Å². The quantitative estimate of drug-likeness (QED) is 0.380. The Labute approximate surface area is 203 Å². The zero-order valence-electron chi connectivity index (χ0n) is 19.3. The third kappa shape index (κ3) is 4.06. The van der Waals surface area contributed by atoms with E-state index < -0.39 is 5.91 Å². The maximum atomic E-state index is 12.8. The molecule has 7 nitrogen and oxygen atoms in total. The average molecular weight is 480 g/mol. The van der Waals surface area contributed by atoms with Gasteiger partial charge in [0.1, 0.15) is 0 Å². The van der Waals surface area contributed by atoms with E-state index in [-0.39, 0.29) is 22.5 Å². The van der Waals surface area contributed by atoms with Gasteiger partial charge >= 0.3 is 0 Å². The molecule has 1 aromatic heterocycles. The van der Waals surface area contributed by atoms with Crippen LogP contribution in [0.15, 0.2) is 47.0 Å². The lowest BCUT2D eigenvalue weighted by Gasteiger charge is -2.29. The second-order valence-electron chi connectivity index (χ2n) is 9.53. The fourth-order valence-corrected chi connectivity index (χ4v) is 4.46. The Morgan fingerprint density at radius 3 is 2.44 bits per heavy atom. The summed E-state index contributed by atoms with van der Waals surface area (Å²) >= 11 is 6.59. The highest BCUT2D eigenvalue weighted by Gasteiger charge is 2.32. The third-order valence-corrected chi connectivity index (χ3v) is 6.47. The Kier molecular flexibility index (Phi) is 5.62. The second kappa shape index (κ2) is 8.49. The summed E-state index contributed by atoms with van der Waals surface area (Å²) in [6.45, 7) is 9.15. The van der Waals surface area contributed by atoms with Crippen molar-refractivity contribution in [2.24, 2.45) is 0 Å². The third-order valence-electron chi connectivity index (χ3n) is 6.16. The average Bonchev–Trinajstić information content (AvgIpc) is 3.43. The number of carbonyl (C=O) groups excluding carboxylic acids is 1. The van der Waals surface area contributed by atoms with Crippen LogP contribution < -0.4 is 10.2 Å². The van der Waals surface area contributed by atoms with Crippen molar-refractivity contribution in [3.05, 3.63) is 64.5 Å². The fraction of sp³-hybridized carbons (Fsp3) is 0.308. The van der Waals surface area contributed by atoms with Crippen LogP contribution in [0.25, 0.3) is 22.5 Å². The number of hydrogen-bond donors (Lipinski definition) is 2. The molecule has 2 N–H and O–H groups in total. The van der Waals surface area contributed by atoms with Gasteiger partial charge in [-0.15, -0.1) is 0 Å². The molecule has 1 amide bonds. The molecule has 1 fully saturated rings. The molecule has 0 spiro atoms. The Bertz CT molecular complexity index is 1280. The van der Waals surface area contributed by atoms with Gasteiger partial charge in [-0.25, -0.2) is 0 Å². The smallest absolute Gasteiger partial charge is 0.260 e. The molecular weight excluding hydrogens is 454 g/mol. The van der Waals surface area contributed by atoms with E-state index in [1.54, 1.807) is 12.1 Å². The summed E-state index contributed by atoms with van der Waals surface area (Å²) in [4.78, 5) is 15.1. The van der Waals surface area contributed by atoms with Crippen molar-refractivity contribution in [2.45, 2.75) is 26.2 Å². The lowest BCUT2D eigenvalue weighted by Crippen LogP contribution is -2.36. The summed E-state index contributed by atoms with van der Waals surface area (Å²) in [5.74, 6) is -0.526. The van der Waals surface area contributed by atoms with Gasteiger partial charge in [0.25, 0.3) is 5.91 Å². The minimum Gasteiger partial charge on any atom is -0.504 e. The molecule has 0 radical (unpaired) electrons. The number of ether oxygens (including phenoxy) is 1. The molecule has 2 aliphatic heterocycles. The number of aliphatic hydroxyl groups is 1. The molecule has 0 saturated carbocycles. The monoisotopic (exact) mass is 479 g/mol. The van der Waals surface area contributed by atoms with Crippen molar-refractivity contribution in [2.75, 3.05) is 36.5 Å². The summed E-state index contributed by atoms with van der Waals surface area (Å²) in [5, 5.41) is 18.3. The molecule has 176 valence electrons. The maximum absolute atomic E-state index is 12.8. The van der Waals surface area contributed by atoms with Crippen LogP contribution >= 0.6 is 11.6 Å². The van der Waals surface area contributed by atoms with E-state index in [9.17, 15) is 9.90 Å². The maximum Gasteiger partial charge on any atom is 0.260 e. The summed E-state index contributed by atoms with van der Waals surface area (Å²) < 4.78 is 10.8. The molecule has 5 rings (SSSR count). The highest BCUT2D eigenvalue weighted by atomic mass is 35.5. The molecule has 1 saturated heterocycles. The van der Waals surface area contributed by atoms with E-state index in [2.05, 4.69) is 27.5 Å². The Morgan fingerprint density at radius 2 is 1.79 bits per heavy atom. The molecular formula is C26H26ClN3O4. The van der Waals surface area contributed by atoms with Crippen molar-refractivity contribution in [3.63, 3.8) is 0 Å². The number of rotatable bonds is 3. The first-order valence-electron chi connectivity index (χ1n) is 11.2. The SMILES string of the molecule is CC(C)(C)c1cc(/C(O)=C2/C(=O)Nc3cc(Cl)c(-c4ccc(N5CCOCC5)cc4)cc32)on1. The van der Waals surface area contributed by atoms with Crippen molar-refractivity contribution >= 4 is 40.2 Å². The van der Waals surface area contributed by atoms with Gasteiger partial charge < -0.3 is 24.6 Å². The minimum atomic E-state index is -0.419. The van der Waals surface area contributed by atoms with E-state index in [1.807, 2.05) is 39.0 Å².